The number of nitrogens with zero attached hydrogens (tertiary/aromatic N) is 1. The van der Waals surface area contributed by atoms with Crippen molar-refractivity contribution in [3.05, 3.63) is 29.8 Å². The van der Waals surface area contributed by atoms with Gasteiger partial charge in [-0.15, -0.1) is 0 Å². The lowest BCUT2D eigenvalue weighted by Crippen LogP contribution is -2.44. The number of amides is 1. The Balaban J connectivity index is 2.13. The predicted octanol–water partition coefficient (Wildman–Crippen LogP) is 1.92. The van der Waals surface area contributed by atoms with E-state index in [-0.39, 0.29) is 17.4 Å². The number of primary amides is 1. The standard InChI is InChI=1S/C16H24N2O3S/c1-2-3-5-13-7-9-15(10-8-13)22(20,21)18-11-4-6-14(12-18)16(17)19/h7-10,14H,2-6,11-12H2,1H3,(H2,17,19). The van der Waals surface area contributed by atoms with E-state index < -0.39 is 15.9 Å². The zero-order valence-corrected chi connectivity index (χ0v) is 13.8. The lowest BCUT2D eigenvalue weighted by Gasteiger charge is -2.30. The third-order valence-corrected chi connectivity index (χ3v) is 6.05. The minimum absolute atomic E-state index is 0.190. The van der Waals surface area contributed by atoms with E-state index >= 15 is 0 Å². The molecule has 2 rings (SSSR count). The second-order valence-electron chi connectivity index (χ2n) is 5.85. The van der Waals surface area contributed by atoms with E-state index in [1.807, 2.05) is 12.1 Å². The molecule has 1 unspecified atom stereocenters. The maximum Gasteiger partial charge on any atom is 0.243 e. The van der Waals surface area contributed by atoms with Gasteiger partial charge in [0, 0.05) is 13.1 Å². The summed E-state index contributed by atoms with van der Waals surface area (Å²) in [6.45, 7) is 2.77. The highest BCUT2D eigenvalue weighted by atomic mass is 32.2. The van der Waals surface area contributed by atoms with E-state index in [4.69, 9.17) is 5.73 Å². The highest BCUT2D eigenvalue weighted by Crippen LogP contribution is 2.24. The zero-order chi connectivity index (χ0) is 16.2. The van der Waals surface area contributed by atoms with Crippen LogP contribution in [0.2, 0.25) is 0 Å². The van der Waals surface area contributed by atoms with E-state index in [2.05, 4.69) is 6.92 Å². The van der Waals surface area contributed by atoms with Gasteiger partial charge in [-0.3, -0.25) is 4.79 Å². The number of benzene rings is 1. The molecule has 5 nitrogen and oxygen atoms in total. The largest absolute Gasteiger partial charge is 0.369 e. The fourth-order valence-corrected chi connectivity index (χ4v) is 4.27. The van der Waals surface area contributed by atoms with Crippen molar-refractivity contribution in [2.75, 3.05) is 13.1 Å². The van der Waals surface area contributed by atoms with Gasteiger partial charge in [0.05, 0.1) is 10.8 Å². The zero-order valence-electron chi connectivity index (χ0n) is 13.0. The molecule has 1 aliphatic heterocycles. The van der Waals surface area contributed by atoms with Gasteiger partial charge in [-0.05, 0) is 43.4 Å². The molecule has 122 valence electrons. The van der Waals surface area contributed by atoms with Crippen LogP contribution in [0.15, 0.2) is 29.2 Å². The smallest absolute Gasteiger partial charge is 0.243 e. The van der Waals surface area contributed by atoms with Gasteiger partial charge in [0.15, 0.2) is 0 Å². The van der Waals surface area contributed by atoms with Crippen LogP contribution in [0.4, 0.5) is 0 Å². The first-order valence-corrected chi connectivity index (χ1v) is 9.27. The van der Waals surface area contributed by atoms with Crippen molar-refractivity contribution in [3.63, 3.8) is 0 Å². The Kier molecular flexibility index (Phi) is 5.58. The summed E-state index contributed by atoms with van der Waals surface area (Å²) in [5.74, 6) is -0.804. The van der Waals surface area contributed by atoms with Crippen molar-refractivity contribution in [1.29, 1.82) is 0 Å². The molecule has 1 aromatic rings. The van der Waals surface area contributed by atoms with Crippen LogP contribution in [0.1, 0.15) is 38.2 Å². The SMILES string of the molecule is CCCCc1ccc(S(=O)(=O)N2CCCC(C(N)=O)C2)cc1. The number of carbonyl (C=O) groups is 1. The van der Waals surface area contributed by atoms with Gasteiger partial charge in [0.1, 0.15) is 0 Å². The molecule has 1 saturated heterocycles. The Bertz CT molecular complexity index is 611. The van der Waals surface area contributed by atoms with Crippen molar-refractivity contribution in [3.8, 4) is 0 Å². The number of carbonyl (C=O) groups excluding carboxylic acids is 1. The van der Waals surface area contributed by atoms with Crippen LogP contribution in [0.5, 0.6) is 0 Å². The molecule has 1 atom stereocenters. The van der Waals surface area contributed by atoms with Crippen LogP contribution in [-0.4, -0.2) is 31.7 Å². The van der Waals surface area contributed by atoms with Gasteiger partial charge < -0.3 is 5.73 Å². The molecule has 0 saturated carbocycles. The first kappa shape index (κ1) is 17.0. The average Bonchev–Trinajstić information content (AvgIpc) is 2.53. The maximum atomic E-state index is 12.7. The summed E-state index contributed by atoms with van der Waals surface area (Å²) in [7, 11) is -3.54. The molecular formula is C16H24N2O3S. The van der Waals surface area contributed by atoms with Crippen molar-refractivity contribution >= 4 is 15.9 Å². The first-order valence-electron chi connectivity index (χ1n) is 7.83. The fourth-order valence-electron chi connectivity index (χ4n) is 2.75. The van der Waals surface area contributed by atoms with Crippen molar-refractivity contribution in [1.82, 2.24) is 4.31 Å². The second kappa shape index (κ2) is 7.24. The molecule has 1 fully saturated rings. The fraction of sp³-hybridized carbons (Fsp3) is 0.562. The molecule has 1 aromatic carbocycles. The lowest BCUT2D eigenvalue weighted by molar-refractivity contribution is -0.122. The summed E-state index contributed by atoms with van der Waals surface area (Å²) in [5, 5.41) is 0. The quantitative estimate of drug-likeness (QED) is 0.868. The third kappa shape index (κ3) is 3.87. The minimum atomic E-state index is -3.54. The molecule has 6 heteroatoms. The van der Waals surface area contributed by atoms with Gasteiger partial charge in [0.2, 0.25) is 15.9 Å². The Morgan fingerprint density at radius 2 is 2.00 bits per heavy atom. The molecule has 0 radical (unpaired) electrons. The summed E-state index contributed by atoms with van der Waals surface area (Å²) < 4.78 is 26.7. The van der Waals surface area contributed by atoms with Gasteiger partial charge >= 0.3 is 0 Å². The Morgan fingerprint density at radius 1 is 1.32 bits per heavy atom. The van der Waals surface area contributed by atoms with E-state index in [0.717, 1.165) is 24.8 Å². The van der Waals surface area contributed by atoms with Crippen LogP contribution in [-0.2, 0) is 21.2 Å². The highest BCUT2D eigenvalue weighted by molar-refractivity contribution is 7.89. The number of nitrogens with two attached hydrogens (primary N) is 1. The summed E-state index contributed by atoms with van der Waals surface area (Å²) in [6, 6.07) is 7.07. The monoisotopic (exact) mass is 324 g/mol. The molecule has 1 amide bonds. The minimum Gasteiger partial charge on any atom is -0.369 e. The number of hydrogen-bond donors (Lipinski definition) is 1. The van der Waals surface area contributed by atoms with Crippen molar-refractivity contribution in [2.45, 2.75) is 43.9 Å². The van der Waals surface area contributed by atoms with Gasteiger partial charge in [-0.25, -0.2) is 8.42 Å². The summed E-state index contributed by atoms with van der Waals surface area (Å²) >= 11 is 0. The first-order chi connectivity index (χ1) is 10.4. The van der Waals surface area contributed by atoms with E-state index in [9.17, 15) is 13.2 Å². The Morgan fingerprint density at radius 3 is 2.59 bits per heavy atom. The third-order valence-electron chi connectivity index (χ3n) is 4.17. The molecule has 0 aliphatic carbocycles. The van der Waals surface area contributed by atoms with Crippen molar-refractivity contribution in [2.24, 2.45) is 11.7 Å². The van der Waals surface area contributed by atoms with Crippen LogP contribution in [0.3, 0.4) is 0 Å². The van der Waals surface area contributed by atoms with Gasteiger partial charge in [-0.1, -0.05) is 25.5 Å². The Hall–Kier alpha value is -1.40. The molecular weight excluding hydrogens is 300 g/mol. The number of hydrogen-bond acceptors (Lipinski definition) is 3. The molecule has 0 aromatic heterocycles. The van der Waals surface area contributed by atoms with Crippen LogP contribution >= 0.6 is 0 Å². The molecule has 22 heavy (non-hydrogen) atoms. The molecule has 2 N–H and O–H groups in total. The Labute approximate surface area is 132 Å². The number of rotatable bonds is 6. The second-order valence-corrected chi connectivity index (χ2v) is 7.79. The predicted molar refractivity (Wildman–Crippen MR) is 85.7 cm³/mol. The number of piperidine rings is 1. The van der Waals surface area contributed by atoms with Crippen LogP contribution in [0.25, 0.3) is 0 Å². The lowest BCUT2D eigenvalue weighted by atomic mass is 9.99. The normalized spacial score (nSPS) is 20.0. The topological polar surface area (TPSA) is 80.5 Å². The van der Waals surface area contributed by atoms with E-state index in [1.54, 1.807) is 12.1 Å². The van der Waals surface area contributed by atoms with Crippen LogP contribution in [0, 0.1) is 5.92 Å². The van der Waals surface area contributed by atoms with Gasteiger partial charge in [0.25, 0.3) is 0 Å². The average molecular weight is 324 g/mol. The summed E-state index contributed by atoms with van der Waals surface area (Å²) in [5.41, 5.74) is 6.46. The maximum absolute atomic E-state index is 12.7. The van der Waals surface area contributed by atoms with E-state index in [1.165, 1.54) is 4.31 Å². The molecule has 1 heterocycles. The number of aryl methyl sites for hydroxylation is 1. The van der Waals surface area contributed by atoms with E-state index in [0.29, 0.717) is 19.4 Å². The highest BCUT2D eigenvalue weighted by Gasteiger charge is 2.32. The molecule has 1 aliphatic rings. The summed E-state index contributed by atoms with van der Waals surface area (Å²) in [6.07, 6.45) is 4.50. The van der Waals surface area contributed by atoms with Crippen LogP contribution < -0.4 is 5.73 Å². The molecule has 0 spiro atoms. The summed E-state index contributed by atoms with van der Waals surface area (Å²) in [4.78, 5) is 11.6. The number of sulfonamides is 1. The van der Waals surface area contributed by atoms with Gasteiger partial charge in [-0.2, -0.15) is 4.31 Å². The van der Waals surface area contributed by atoms with Crippen molar-refractivity contribution < 1.29 is 13.2 Å². The number of unbranched alkanes of at least 4 members (excludes halogenated alkanes) is 1. The molecule has 0 bridgehead atoms.